The molecule has 0 aromatic heterocycles. The van der Waals surface area contributed by atoms with Crippen LogP contribution in [0.25, 0.3) is 0 Å². The second kappa shape index (κ2) is 7.40. The fraction of sp³-hybridized carbons (Fsp3) is 1.00. The number of ether oxygens (including phenoxy) is 1. The summed E-state index contributed by atoms with van der Waals surface area (Å²) in [5.41, 5.74) is 0. The van der Waals surface area contributed by atoms with Crippen LogP contribution in [-0.2, 0) is 14.9 Å². The molecule has 0 bridgehead atoms. The topological polar surface area (TPSA) is 70.1 Å². The molecule has 0 radical (unpaired) electrons. The van der Waals surface area contributed by atoms with Crippen LogP contribution in [0.3, 0.4) is 0 Å². The fourth-order valence-electron chi connectivity index (χ4n) is 1.97. The van der Waals surface area contributed by atoms with Gasteiger partial charge >= 0.3 is 0 Å². The van der Waals surface area contributed by atoms with Crippen molar-refractivity contribution in [3.63, 3.8) is 0 Å². The summed E-state index contributed by atoms with van der Waals surface area (Å²) in [6.45, 7) is 4.40. The lowest BCUT2D eigenvalue weighted by molar-refractivity contribution is 0.134. The Labute approximate surface area is 110 Å². The predicted molar refractivity (Wildman–Crippen MR) is 69.4 cm³/mol. The van der Waals surface area contributed by atoms with Crippen LogP contribution in [-0.4, -0.2) is 68.6 Å². The number of rotatable bonds is 7. The van der Waals surface area contributed by atoms with E-state index in [1.165, 1.54) is 8.61 Å². The summed E-state index contributed by atoms with van der Waals surface area (Å²) in [6, 6.07) is 0. The average Bonchev–Trinajstić information content (AvgIpc) is 2.39. The second-order valence-corrected chi connectivity index (χ2v) is 6.59. The molecule has 1 rings (SSSR count). The van der Waals surface area contributed by atoms with Crippen molar-refractivity contribution in [3.05, 3.63) is 0 Å². The molecule has 1 heterocycles. The van der Waals surface area contributed by atoms with Crippen LogP contribution in [0.4, 0.5) is 0 Å². The highest BCUT2D eigenvalue weighted by Gasteiger charge is 2.30. The lowest BCUT2D eigenvalue weighted by Crippen LogP contribution is -2.46. The highest BCUT2D eigenvalue weighted by atomic mass is 32.2. The van der Waals surface area contributed by atoms with E-state index in [0.29, 0.717) is 32.8 Å². The number of hydrogen-bond acceptors (Lipinski definition) is 4. The number of hydrogen-bond donors (Lipinski definition) is 1. The van der Waals surface area contributed by atoms with E-state index < -0.39 is 10.2 Å². The lowest BCUT2D eigenvalue weighted by Gasteiger charge is -2.33. The largest absolute Gasteiger partial charge is 0.396 e. The molecule has 1 aliphatic heterocycles. The van der Waals surface area contributed by atoms with Gasteiger partial charge < -0.3 is 9.84 Å². The third-order valence-corrected chi connectivity index (χ3v) is 5.29. The Morgan fingerprint density at radius 3 is 2.50 bits per heavy atom. The van der Waals surface area contributed by atoms with Crippen LogP contribution in [0.5, 0.6) is 0 Å². The molecule has 0 aromatic carbocycles. The van der Waals surface area contributed by atoms with E-state index in [2.05, 4.69) is 0 Å². The van der Waals surface area contributed by atoms with Gasteiger partial charge in [-0.25, -0.2) is 0 Å². The van der Waals surface area contributed by atoms with Crippen LogP contribution in [0, 0.1) is 5.92 Å². The van der Waals surface area contributed by atoms with Gasteiger partial charge in [0.2, 0.25) is 0 Å². The van der Waals surface area contributed by atoms with E-state index in [9.17, 15) is 8.42 Å². The summed E-state index contributed by atoms with van der Waals surface area (Å²) < 4.78 is 32.4. The molecule has 108 valence electrons. The van der Waals surface area contributed by atoms with Crippen LogP contribution in [0.15, 0.2) is 0 Å². The van der Waals surface area contributed by atoms with E-state index in [4.69, 9.17) is 9.84 Å². The number of aliphatic hydroxyl groups is 1. The summed E-state index contributed by atoms with van der Waals surface area (Å²) in [5, 5.41) is 9.04. The maximum atomic E-state index is 12.2. The summed E-state index contributed by atoms with van der Waals surface area (Å²) >= 11 is 0. The molecule has 6 nitrogen and oxygen atoms in total. The van der Waals surface area contributed by atoms with Crippen molar-refractivity contribution < 1.29 is 18.3 Å². The van der Waals surface area contributed by atoms with Crippen LogP contribution >= 0.6 is 0 Å². The Morgan fingerprint density at radius 2 is 2.00 bits per heavy atom. The Balaban J connectivity index is 2.48. The third kappa shape index (κ3) is 4.17. The van der Waals surface area contributed by atoms with Crippen LogP contribution < -0.4 is 0 Å². The van der Waals surface area contributed by atoms with Gasteiger partial charge in [-0.2, -0.15) is 17.0 Å². The van der Waals surface area contributed by atoms with E-state index in [1.54, 1.807) is 7.05 Å². The normalized spacial score (nSPS) is 19.6. The molecule has 1 saturated heterocycles. The van der Waals surface area contributed by atoms with Gasteiger partial charge in [0.15, 0.2) is 0 Å². The molecule has 0 spiro atoms. The number of nitrogens with zero attached hydrogens (tertiary/aromatic N) is 2. The van der Waals surface area contributed by atoms with Gasteiger partial charge in [-0.1, -0.05) is 0 Å². The SMILES string of the molecule is CCOCCN(C)S(=O)(=O)N1CCC(CO)CC1. The fourth-order valence-corrected chi connectivity index (χ4v) is 3.34. The lowest BCUT2D eigenvalue weighted by atomic mass is 10.00. The average molecular weight is 280 g/mol. The van der Waals surface area contributed by atoms with Gasteiger partial charge in [-0.15, -0.1) is 0 Å². The zero-order valence-corrected chi connectivity index (χ0v) is 12.0. The first-order valence-corrected chi connectivity index (χ1v) is 7.82. The van der Waals surface area contributed by atoms with Crippen molar-refractivity contribution >= 4 is 10.2 Å². The molecule has 18 heavy (non-hydrogen) atoms. The van der Waals surface area contributed by atoms with Crippen molar-refractivity contribution in [3.8, 4) is 0 Å². The van der Waals surface area contributed by atoms with Crippen LogP contribution in [0.1, 0.15) is 19.8 Å². The zero-order valence-electron chi connectivity index (χ0n) is 11.2. The van der Waals surface area contributed by atoms with E-state index in [0.717, 1.165) is 12.8 Å². The summed E-state index contributed by atoms with van der Waals surface area (Å²) in [7, 11) is -1.79. The van der Waals surface area contributed by atoms with Gasteiger partial charge in [0, 0.05) is 39.9 Å². The standard InChI is InChI=1S/C11H24N2O4S/c1-3-17-9-8-12(2)18(15,16)13-6-4-11(10-14)5-7-13/h11,14H,3-10H2,1-2H3. The molecule has 0 aliphatic carbocycles. The zero-order chi connectivity index (χ0) is 13.6. The van der Waals surface area contributed by atoms with E-state index in [1.807, 2.05) is 6.92 Å². The Kier molecular flexibility index (Phi) is 6.51. The van der Waals surface area contributed by atoms with Gasteiger partial charge in [0.05, 0.1) is 6.61 Å². The molecule has 1 fully saturated rings. The van der Waals surface area contributed by atoms with Crippen molar-refractivity contribution in [2.75, 3.05) is 46.5 Å². The highest BCUT2D eigenvalue weighted by molar-refractivity contribution is 7.86. The monoisotopic (exact) mass is 280 g/mol. The van der Waals surface area contributed by atoms with Crippen molar-refractivity contribution in [1.82, 2.24) is 8.61 Å². The second-order valence-electron chi connectivity index (χ2n) is 4.55. The Hall–Kier alpha value is -0.210. The van der Waals surface area contributed by atoms with Crippen LogP contribution in [0.2, 0.25) is 0 Å². The quantitative estimate of drug-likeness (QED) is 0.661. The number of aliphatic hydroxyl groups excluding tert-OH is 1. The van der Waals surface area contributed by atoms with Gasteiger partial charge in [-0.3, -0.25) is 0 Å². The number of likely N-dealkylation sites (N-methyl/N-ethyl adjacent to an activating group) is 1. The van der Waals surface area contributed by atoms with E-state index >= 15 is 0 Å². The summed E-state index contributed by atoms with van der Waals surface area (Å²) in [5.74, 6) is 0.241. The Bertz CT molecular complexity index is 326. The first-order chi connectivity index (χ1) is 8.52. The Morgan fingerprint density at radius 1 is 1.39 bits per heavy atom. The minimum Gasteiger partial charge on any atom is -0.396 e. The molecule has 1 N–H and O–H groups in total. The molecule has 1 aliphatic rings. The molecule has 0 atom stereocenters. The summed E-state index contributed by atoms with van der Waals surface area (Å²) in [6.07, 6.45) is 1.46. The third-order valence-electron chi connectivity index (χ3n) is 3.31. The smallest absolute Gasteiger partial charge is 0.281 e. The molecule has 0 saturated carbocycles. The minimum atomic E-state index is -3.37. The first-order valence-electron chi connectivity index (χ1n) is 6.42. The predicted octanol–water partition coefficient (Wildman–Crippen LogP) is -0.0962. The molecule has 0 aromatic rings. The number of piperidine rings is 1. The molecule has 7 heteroatoms. The molecule has 0 unspecified atom stereocenters. The maximum absolute atomic E-state index is 12.2. The molecule has 0 amide bonds. The maximum Gasteiger partial charge on any atom is 0.281 e. The molecular weight excluding hydrogens is 256 g/mol. The van der Waals surface area contributed by atoms with Crippen molar-refractivity contribution in [2.24, 2.45) is 5.92 Å². The van der Waals surface area contributed by atoms with Crippen molar-refractivity contribution in [1.29, 1.82) is 0 Å². The van der Waals surface area contributed by atoms with Gasteiger partial charge in [0.1, 0.15) is 0 Å². The molecular formula is C11H24N2O4S. The van der Waals surface area contributed by atoms with Gasteiger partial charge in [0.25, 0.3) is 10.2 Å². The highest BCUT2D eigenvalue weighted by Crippen LogP contribution is 2.20. The first kappa shape index (κ1) is 15.8. The van der Waals surface area contributed by atoms with E-state index in [-0.39, 0.29) is 12.5 Å². The summed E-state index contributed by atoms with van der Waals surface area (Å²) in [4.78, 5) is 0. The van der Waals surface area contributed by atoms with Gasteiger partial charge in [-0.05, 0) is 25.7 Å². The van der Waals surface area contributed by atoms with Crippen molar-refractivity contribution in [2.45, 2.75) is 19.8 Å². The minimum absolute atomic E-state index is 0.147.